The average Bonchev–Trinajstić information content (AvgIpc) is 3.10. The van der Waals surface area contributed by atoms with Crippen LogP contribution in [0.25, 0.3) is 5.69 Å². The van der Waals surface area contributed by atoms with Crippen LogP contribution in [0.4, 0.5) is 5.69 Å². The molecule has 7 nitrogen and oxygen atoms in total. The Bertz CT molecular complexity index is 945. The lowest BCUT2D eigenvalue weighted by molar-refractivity contribution is -0.115. The Morgan fingerprint density at radius 2 is 2.00 bits per heavy atom. The van der Waals surface area contributed by atoms with Gasteiger partial charge in [0, 0.05) is 5.69 Å². The first kappa shape index (κ1) is 19.2. The van der Waals surface area contributed by atoms with Crippen molar-refractivity contribution in [2.45, 2.75) is 24.3 Å². The van der Waals surface area contributed by atoms with Crippen LogP contribution in [0.15, 0.2) is 47.6 Å². The molecule has 27 heavy (non-hydrogen) atoms. The number of aromatic nitrogens is 4. The quantitative estimate of drug-likeness (QED) is 0.631. The van der Waals surface area contributed by atoms with Crippen LogP contribution < -0.4 is 10.1 Å². The molecule has 0 radical (unpaired) electrons. The first-order valence-electron chi connectivity index (χ1n) is 8.14. The Morgan fingerprint density at radius 3 is 2.67 bits per heavy atom. The van der Waals surface area contributed by atoms with Gasteiger partial charge in [-0.3, -0.25) is 4.79 Å². The fourth-order valence-corrected chi connectivity index (χ4v) is 3.37. The minimum atomic E-state index is -0.416. The molecular weight excluding hydrogens is 386 g/mol. The predicted molar refractivity (Wildman–Crippen MR) is 106 cm³/mol. The molecule has 1 aromatic heterocycles. The Kier molecular flexibility index (Phi) is 5.98. The summed E-state index contributed by atoms with van der Waals surface area (Å²) in [5, 5.41) is 15.2. The molecule has 1 atom stereocenters. The fraction of sp³-hybridized carbons (Fsp3) is 0.222. The van der Waals surface area contributed by atoms with Crippen molar-refractivity contribution in [3.8, 4) is 11.4 Å². The molecule has 0 aliphatic rings. The maximum absolute atomic E-state index is 12.5. The molecule has 3 aromatic rings. The van der Waals surface area contributed by atoms with Crippen LogP contribution in [0.2, 0.25) is 5.02 Å². The summed E-state index contributed by atoms with van der Waals surface area (Å²) in [6.07, 6.45) is 0. The molecule has 1 heterocycles. The van der Waals surface area contributed by atoms with E-state index in [1.165, 1.54) is 18.9 Å². The smallest absolute Gasteiger partial charge is 0.237 e. The van der Waals surface area contributed by atoms with Crippen LogP contribution in [0.5, 0.6) is 5.75 Å². The Morgan fingerprint density at radius 1 is 1.26 bits per heavy atom. The van der Waals surface area contributed by atoms with E-state index in [2.05, 4.69) is 20.8 Å². The lowest BCUT2D eigenvalue weighted by Gasteiger charge is -2.12. The number of carbonyl (C=O) groups is 1. The summed E-state index contributed by atoms with van der Waals surface area (Å²) in [5.41, 5.74) is 2.57. The molecular formula is C18H18ClN5O2S. The lowest BCUT2D eigenvalue weighted by atomic mass is 10.2. The summed E-state index contributed by atoms with van der Waals surface area (Å²) in [7, 11) is 1.54. The van der Waals surface area contributed by atoms with Crippen molar-refractivity contribution in [2.24, 2.45) is 0 Å². The van der Waals surface area contributed by atoms with Gasteiger partial charge in [0.2, 0.25) is 11.1 Å². The van der Waals surface area contributed by atoms with Gasteiger partial charge in [0.05, 0.1) is 23.1 Å². The van der Waals surface area contributed by atoms with Gasteiger partial charge in [-0.15, -0.1) is 5.10 Å². The number of benzene rings is 2. The number of nitrogens with one attached hydrogen (secondary N) is 1. The van der Waals surface area contributed by atoms with Gasteiger partial charge in [0.1, 0.15) is 5.75 Å². The van der Waals surface area contributed by atoms with E-state index in [1.54, 1.807) is 29.8 Å². The number of methoxy groups -OCH3 is 1. The van der Waals surface area contributed by atoms with Crippen molar-refractivity contribution < 1.29 is 9.53 Å². The molecule has 0 aliphatic heterocycles. The molecule has 2 aromatic carbocycles. The number of aryl methyl sites for hydroxylation is 1. The zero-order valence-corrected chi connectivity index (χ0v) is 16.6. The average molecular weight is 404 g/mol. The molecule has 0 fully saturated rings. The highest BCUT2D eigenvalue weighted by Gasteiger charge is 2.19. The number of thioether (sulfide) groups is 1. The van der Waals surface area contributed by atoms with E-state index in [4.69, 9.17) is 16.3 Å². The van der Waals surface area contributed by atoms with E-state index in [9.17, 15) is 4.79 Å². The van der Waals surface area contributed by atoms with E-state index in [0.29, 0.717) is 21.6 Å². The van der Waals surface area contributed by atoms with E-state index in [1.807, 2.05) is 31.2 Å². The minimum absolute atomic E-state index is 0.181. The summed E-state index contributed by atoms with van der Waals surface area (Å²) in [4.78, 5) is 12.5. The van der Waals surface area contributed by atoms with Crippen LogP contribution >= 0.6 is 23.4 Å². The summed E-state index contributed by atoms with van der Waals surface area (Å²) < 4.78 is 6.72. The third kappa shape index (κ3) is 4.58. The van der Waals surface area contributed by atoms with E-state index >= 15 is 0 Å². The van der Waals surface area contributed by atoms with Crippen LogP contribution in [-0.2, 0) is 4.79 Å². The van der Waals surface area contributed by atoms with Gasteiger partial charge in [-0.1, -0.05) is 41.1 Å². The second kappa shape index (κ2) is 8.41. The summed E-state index contributed by atoms with van der Waals surface area (Å²) in [6.45, 7) is 3.80. The molecule has 3 rings (SSSR count). The normalized spacial score (nSPS) is 11.9. The van der Waals surface area contributed by atoms with Crippen LogP contribution in [0.1, 0.15) is 12.5 Å². The SMILES string of the molecule is COc1ccc(NC(=O)[C@@H](C)Sc2nnnn2-c2ccc(C)cc2)cc1Cl. The molecule has 0 saturated carbocycles. The Hall–Kier alpha value is -2.58. The molecule has 9 heteroatoms. The first-order valence-corrected chi connectivity index (χ1v) is 9.40. The molecule has 0 spiro atoms. The number of amides is 1. The zero-order chi connectivity index (χ0) is 19.4. The number of hydrogen-bond donors (Lipinski definition) is 1. The summed E-state index contributed by atoms with van der Waals surface area (Å²) in [6, 6.07) is 12.9. The molecule has 0 aliphatic carbocycles. The molecule has 140 valence electrons. The minimum Gasteiger partial charge on any atom is -0.495 e. The topological polar surface area (TPSA) is 81.9 Å². The Balaban J connectivity index is 1.69. The van der Waals surface area contributed by atoms with Crippen molar-refractivity contribution in [1.29, 1.82) is 0 Å². The van der Waals surface area contributed by atoms with Crippen LogP contribution in [-0.4, -0.2) is 38.5 Å². The Labute approximate surface area is 166 Å². The number of ether oxygens (including phenoxy) is 1. The highest BCUT2D eigenvalue weighted by molar-refractivity contribution is 8.00. The number of carbonyl (C=O) groups excluding carboxylic acids is 1. The lowest BCUT2D eigenvalue weighted by Crippen LogP contribution is -2.23. The van der Waals surface area contributed by atoms with E-state index in [-0.39, 0.29) is 5.91 Å². The zero-order valence-electron chi connectivity index (χ0n) is 15.0. The highest BCUT2D eigenvalue weighted by atomic mass is 35.5. The number of halogens is 1. The standard InChI is InChI=1S/C18H18ClN5O2S/c1-11-4-7-14(8-5-11)24-18(21-22-23-24)27-12(2)17(25)20-13-6-9-16(26-3)15(19)10-13/h4-10,12H,1-3H3,(H,20,25)/t12-/m1/s1. The first-order chi connectivity index (χ1) is 13.0. The third-order valence-corrected chi connectivity index (χ3v) is 5.12. The van der Waals surface area contributed by atoms with E-state index < -0.39 is 5.25 Å². The largest absolute Gasteiger partial charge is 0.495 e. The summed E-state index contributed by atoms with van der Waals surface area (Å²) >= 11 is 7.37. The predicted octanol–water partition coefficient (Wildman–Crippen LogP) is 3.75. The van der Waals surface area contributed by atoms with Gasteiger partial charge >= 0.3 is 0 Å². The fourth-order valence-electron chi connectivity index (χ4n) is 2.30. The van der Waals surface area contributed by atoms with Crippen LogP contribution in [0, 0.1) is 6.92 Å². The molecule has 0 bridgehead atoms. The van der Waals surface area contributed by atoms with Gasteiger partial charge in [-0.2, -0.15) is 4.68 Å². The van der Waals surface area contributed by atoms with Crippen molar-refractivity contribution in [3.63, 3.8) is 0 Å². The van der Waals surface area contributed by atoms with Gasteiger partial charge in [-0.25, -0.2) is 0 Å². The van der Waals surface area contributed by atoms with Gasteiger partial charge in [0.15, 0.2) is 0 Å². The second-order valence-corrected chi connectivity index (χ2v) is 7.52. The van der Waals surface area contributed by atoms with Gasteiger partial charge < -0.3 is 10.1 Å². The van der Waals surface area contributed by atoms with Crippen LogP contribution in [0.3, 0.4) is 0 Å². The van der Waals surface area contributed by atoms with Gasteiger partial charge in [0.25, 0.3) is 0 Å². The maximum atomic E-state index is 12.5. The number of hydrogen-bond acceptors (Lipinski definition) is 6. The third-order valence-electron chi connectivity index (χ3n) is 3.79. The monoisotopic (exact) mass is 403 g/mol. The van der Waals surface area contributed by atoms with E-state index in [0.717, 1.165) is 11.3 Å². The molecule has 0 saturated heterocycles. The highest BCUT2D eigenvalue weighted by Crippen LogP contribution is 2.28. The number of anilines is 1. The summed E-state index contributed by atoms with van der Waals surface area (Å²) in [5.74, 6) is 0.369. The number of tetrazole rings is 1. The number of nitrogens with zero attached hydrogens (tertiary/aromatic N) is 4. The van der Waals surface area contributed by atoms with Crippen molar-refractivity contribution >= 4 is 35.0 Å². The van der Waals surface area contributed by atoms with Gasteiger partial charge in [-0.05, 0) is 54.6 Å². The van der Waals surface area contributed by atoms with Crippen molar-refractivity contribution in [3.05, 3.63) is 53.1 Å². The molecule has 0 unspecified atom stereocenters. The number of rotatable bonds is 6. The molecule has 1 amide bonds. The maximum Gasteiger partial charge on any atom is 0.237 e. The molecule has 1 N–H and O–H groups in total. The van der Waals surface area contributed by atoms with Crippen molar-refractivity contribution in [1.82, 2.24) is 20.2 Å². The second-order valence-electron chi connectivity index (χ2n) is 5.81. The van der Waals surface area contributed by atoms with Crippen molar-refractivity contribution in [2.75, 3.05) is 12.4 Å².